The van der Waals surface area contributed by atoms with Crippen LogP contribution in [-0.4, -0.2) is 13.1 Å². The Bertz CT molecular complexity index is 210. The van der Waals surface area contributed by atoms with E-state index in [4.69, 9.17) is 0 Å². The van der Waals surface area contributed by atoms with Gasteiger partial charge in [-0.25, -0.2) is 0 Å². The topological polar surface area (TPSA) is 12.0 Å². The van der Waals surface area contributed by atoms with Crippen molar-refractivity contribution in [2.24, 2.45) is 23.7 Å². The summed E-state index contributed by atoms with van der Waals surface area (Å²) >= 11 is 0. The van der Waals surface area contributed by atoms with Crippen molar-refractivity contribution in [3.63, 3.8) is 0 Å². The van der Waals surface area contributed by atoms with Gasteiger partial charge in [-0.05, 0) is 69.2 Å². The molecule has 2 aliphatic rings. The van der Waals surface area contributed by atoms with Gasteiger partial charge in [0.15, 0.2) is 0 Å². The van der Waals surface area contributed by atoms with Crippen LogP contribution in [0.2, 0.25) is 0 Å². The lowest BCUT2D eigenvalue weighted by molar-refractivity contribution is 0.162. The molecule has 1 N–H and O–H groups in total. The van der Waals surface area contributed by atoms with Crippen LogP contribution in [0.3, 0.4) is 0 Å². The summed E-state index contributed by atoms with van der Waals surface area (Å²) in [6.45, 7) is 4.80. The third kappa shape index (κ3) is 3.24. The fraction of sp³-hybridized carbons (Fsp3) is 1.00. The predicted octanol–water partition coefficient (Wildman–Crippen LogP) is 4.23. The molecule has 2 rings (SSSR count). The maximum absolute atomic E-state index is 3.66. The van der Waals surface area contributed by atoms with Crippen LogP contribution in [0.1, 0.15) is 65.2 Å². The molecule has 2 fully saturated rings. The van der Waals surface area contributed by atoms with Gasteiger partial charge in [0.2, 0.25) is 0 Å². The average molecular weight is 237 g/mol. The second kappa shape index (κ2) is 6.22. The van der Waals surface area contributed by atoms with Crippen LogP contribution in [0.4, 0.5) is 0 Å². The van der Waals surface area contributed by atoms with Gasteiger partial charge in [-0.3, -0.25) is 0 Å². The molecule has 1 heteroatoms. The molecule has 1 unspecified atom stereocenters. The first-order valence-electron chi connectivity index (χ1n) is 7.89. The molecular formula is C16H31N. The van der Waals surface area contributed by atoms with Crippen LogP contribution in [-0.2, 0) is 0 Å². The highest BCUT2D eigenvalue weighted by Gasteiger charge is 2.33. The Labute approximate surface area is 108 Å². The molecule has 0 aromatic carbocycles. The van der Waals surface area contributed by atoms with Crippen LogP contribution in [0.5, 0.6) is 0 Å². The lowest BCUT2D eigenvalue weighted by Crippen LogP contribution is -2.41. The molecule has 17 heavy (non-hydrogen) atoms. The summed E-state index contributed by atoms with van der Waals surface area (Å²) in [6.07, 6.45) is 11.8. The molecule has 2 saturated carbocycles. The van der Waals surface area contributed by atoms with Gasteiger partial charge in [-0.2, -0.15) is 0 Å². The Balaban J connectivity index is 1.85. The second-order valence-electron chi connectivity index (χ2n) is 6.78. The highest BCUT2D eigenvalue weighted by molar-refractivity contribution is 4.88. The molecule has 0 bridgehead atoms. The number of hydrogen-bond donors (Lipinski definition) is 1. The fourth-order valence-electron chi connectivity index (χ4n) is 4.34. The summed E-state index contributed by atoms with van der Waals surface area (Å²) in [5, 5.41) is 3.66. The Morgan fingerprint density at radius 1 is 0.765 bits per heavy atom. The van der Waals surface area contributed by atoms with Gasteiger partial charge in [0.1, 0.15) is 0 Å². The third-order valence-electron chi connectivity index (χ3n) is 5.51. The van der Waals surface area contributed by atoms with Gasteiger partial charge < -0.3 is 5.32 Å². The minimum absolute atomic E-state index is 0.825. The van der Waals surface area contributed by atoms with E-state index in [-0.39, 0.29) is 0 Å². The molecule has 1 atom stereocenters. The molecular weight excluding hydrogens is 206 g/mol. The number of rotatable bonds is 4. The van der Waals surface area contributed by atoms with E-state index in [0.717, 1.165) is 29.7 Å². The van der Waals surface area contributed by atoms with E-state index >= 15 is 0 Å². The zero-order valence-corrected chi connectivity index (χ0v) is 12.0. The van der Waals surface area contributed by atoms with Crippen molar-refractivity contribution in [2.45, 2.75) is 71.3 Å². The lowest BCUT2D eigenvalue weighted by Gasteiger charge is -2.38. The largest absolute Gasteiger partial charge is 0.316 e. The van der Waals surface area contributed by atoms with Crippen LogP contribution < -0.4 is 5.32 Å². The van der Waals surface area contributed by atoms with Crippen molar-refractivity contribution in [1.82, 2.24) is 5.32 Å². The quantitative estimate of drug-likeness (QED) is 0.771. The first-order chi connectivity index (χ1) is 8.22. The third-order valence-corrected chi connectivity index (χ3v) is 5.51. The summed E-state index contributed by atoms with van der Waals surface area (Å²) in [5.74, 6) is 3.86. The SMILES string of the molecule is CNC(C1CCCC1)C1CCC(C(C)C)CC1. The molecule has 0 aromatic heterocycles. The van der Waals surface area contributed by atoms with Crippen molar-refractivity contribution < 1.29 is 0 Å². The highest BCUT2D eigenvalue weighted by atomic mass is 14.9. The lowest BCUT2D eigenvalue weighted by atomic mass is 9.72. The molecule has 0 amide bonds. The average Bonchev–Trinajstić information content (AvgIpc) is 2.84. The Hall–Kier alpha value is -0.0400. The van der Waals surface area contributed by atoms with Crippen LogP contribution in [0.15, 0.2) is 0 Å². The van der Waals surface area contributed by atoms with Crippen LogP contribution >= 0.6 is 0 Å². The Kier molecular flexibility index (Phi) is 4.90. The van der Waals surface area contributed by atoms with Crippen molar-refractivity contribution in [2.75, 3.05) is 7.05 Å². The molecule has 2 aliphatic carbocycles. The predicted molar refractivity (Wildman–Crippen MR) is 75.1 cm³/mol. The molecule has 100 valence electrons. The Morgan fingerprint density at radius 2 is 1.24 bits per heavy atom. The maximum Gasteiger partial charge on any atom is 0.0121 e. The van der Waals surface area contributed by atoms with E-state index < -0.39 is 0 Å². The molecule has 0 radical (unpaired) electrons. The van der Waals surface area contributed by atoms with E-state index in [2.05, 4.69) is 26.2 Å². The van der Waals surface area contributed by atoms with Crippen molar-refractivity contribution in [3.8, 4) is 0 Å². The highest BCUT2D eigenvalue weighted by Crippen LogP contribution is 2.39. The normalized spacial score (nSPS) is 33.2. The van der Waals surface area contributed by atoms with Crippen molar-refractivity contribution >= 4 is 0 Å². The molecule has 0 spiro atoms. The van der Waals surface area contributed by atoms with Gasteiger partial charge >= 0.3 is 0 Å². The maximum atomic E-state index is 3.66. The van der Waals surface area contributed by atoms with Gasteiger partial charge in [0.25, 0.3) is 0 Å². The fourth-order valence-corrected chi connectivity index (χ4v) is 4.34. The first-order valence-corrected chi connectivity index (χ1v) is 7.89. The Morgan fingerprint density at radius 3 is 1.71 bits per heavy atom. The summed E-state index contributed by atoms with van der Waals surface area (Å²) in [5.41, 5.74) is 0. The van der Waals surface area contributed by atoms with Gasteiger partial charge in [-0.15, -0.1) is 0 Å². The molecule has 1 nitrogen and oxygen atoms in total. The molecule has 0 heterocycles. The molecule has 0 aliphatic heterocycles. The summed E-state index contributed by atoms with van der Waals surface area (Å²) in [6, 6.07) is 0.825. The minimum Gasteiger partial charge on any atom is -0.316 e. The smallest absolute Gasteiger partial charge is 0.0121 e. The van der Waals surface area contributed by atoms with E-state index in [1.165, 1.54) is 51.4 Å². The number of hydrogen-bond acceptors (Lipinski definition) is 1. The molecule has 0 aromatic rings. The van der Waals surface area contributed by atoms with Crippen molar-refractivity contribution in [1.29, 1.82) is 0 Å². The summed E-state index contributed by atoms with van der Waals surface area (Å²) in [7, 11) is 2.19. The monoisotopic (exact) mass is 237 g/mol. The van der Waals surface area contributed by atoms with E-state index in [9.17, 15) is 0 Å². The van der Waals surface area contributed by atoms with E-state index in [1.54, 1.807) is 0 Å². The van der Waals surface area contributed by atoms with Crippen LogP contribution in [0.25, 0.3) is 0 Å². The first kappa shape index (κ1) is 13.4. The minimum atomic E-state index is 0.825. The van der Waals surface area contributed by atoms with E-state index in [0.29, 0.717) is 0 Å². The summed E-state index contributed by atoms with van der Waals surface area (Å²) in [4.78, 5) is 0. The standard InChI is InChI=1S/C16H31N/c1-12(2)13-8-10-15(11-9-13)16(17-3)14-6-4-5-7-14/h12-17H,4-11H2,1-3H3. The second-order valence-corrected chi connectivity index (χ2v) is 6.78. The van der Waals surface area contributed by atoms with Gasteiger partial charge in [0, 0.05) is 6.04 Å². The van der Waals surface area contributed by atoms with Crippen LogP contribution in [0, 0.1) is 23.7 Å². The zero-order valence-electron chi connectivity index (χ0n) is 12.0. The van der Waals surface area contributed by atoms with Crippen molar-refractivity contribution in [3.05, 3.63) is 0 Å². The summed E-state index contributed by atoms with van der Waals surface area (Å²) < 4.78 is 0. The van der Waals surface area contributed by atoms with Gasteiger partial charge in [-0.1, -0.05) is 26.7 Å². The number of nitrogens with one attached hydrogen (secondary N) is 1. The molecule has 0 saturated heterocycles. The van der Waals surface area contributed by atoms with Gasteiger partial charge in [0.05, 0.1) is 0 Å². The van der Waals surface area contributed by atoms with E-state index in [1.807, 2.05) is 0 Å². The zero-order chi connectivity index (χ0) is 12.3.